The van der Waals surface area contributed by atoms with Gasteiger partial charge in [0, 0.05) is 22.0 Å². The molecule has 0 aliphatic heterocycles. The van der Waals surface area contributed by atoms with Gasteiger partial charge in [0.25, 0.3) is 5.91 Å². The van der Waals surface area contributed by atoms with Gasteiger partial charge in [-0.25, -0.2) is 4.98 Å². The third-order valence-electron chi connectivity index (χ3n) is 4.24. The lowest BCUT2D eigenvalue weighted by atomic mass is 9.86. The largest absolute Gasteiger partial charge is 0.309 e. The number of rotatable bonds is 4. The zero-order valence-corrected chi connectivity index (χ0v) is 14.1. The van der Waals surface area contributed by atoms with Crippen molar-refractivity contribution in [2.24, 2.45) is 11.8 Å². The first-order chi connectivity index (χ1) is 11.6. The number of fused-ring (bicyclic) bond motifs is 1. The number of nitrogens with one attached hydrogen (secondary N) is 1. The topological polar surface area (TPSA) is 82.8 Å². The van der Waals surface area contributed by atoms with E-state index < -0.39 is 17.6 Å². The van der Waals surface area contributed by atoms with Crippen LogP contribution in [0.1, 0.15) is 34.1 Å². The number of amides is 1. The summed E-state index contributed by atoms with van der Waals surface area (Å²) in [6, 6.07) is 6.90. The van der Waals surface area contributed by atoms with Crippen molar-refractivity contribution in [2.45, 2.75) is 26.2 Å². The second-order valence-corrected chi connectivity index (χ2v) is 6.99. The first-order valence-corrected chi connectivity index (χ1v) is 8.73. The molecular formula is C18H17N3O2S. The van der Waals surface area contributed by atoms with Crippen LogP contribution >= 0.6 is 11.3 Å². The van der Waals surface area contributed by atoms with E-state index in [1.165, 1.54) is 11.1 Å². The second kappa shape index (κ2) is 6.93. The first-order valence-electron chi connectivity index (χ1n) is 7.85. The van der Waals surface area contributed by atoms with E-state index >= 15 is 0 Å². The fraction of sp³-hybridized carbons (Fsp3) is 0.333. The van der Waals surface area contributed by atoms with Gasteiger partial charge in [0.1, 0.15) is 5.82 Å². The van der Waals surface area contributed by atoms with Crippen LogP contribution < -0.4 is 5.32 Å². The Morgan fingerprint density at radius 2 is 2.29 bits per heavy atom. The standard InChI is InChI=1S/C18H17N3O2S/c1-11-5-6-12-14(10-24-15(12)8-11)17(22)13(9-19)18(23)21-16-4-2-3-7-20-16/h2-4,7,10-11,13H,5-6,8H2,1H3,(H,20,21,23)/t11-,13+/m1/s1. The van der Waals surface area contributed by atoms with Crippen molar-refractivity contribution >= 4 is 28.8 Å². The van der Waals surface area contributed by atoms with Gasteiger partial charge in [0.2, 0.25) is 0 Å². The van der Waals surface area contributed by atoms with Crippen molar-refractivity contribution < 1.29 is 9.59 Å². The molecule has 0 radical (unpaired) electrons. The molecule has 6 heteroatoms. The van der Waals surface area contributed by atoms with E-state index in [1.54, 1.807) is 34.9 Å². The van der Waals surface area contributed by atoms with Crippen LogP contribution in [0.15, 0.2) is 29.8 Å². The maximum atomic E-state index is 12.7. The Morgan fingerprint density at radius 1 is 1.46 bits per heavy atom. The van der Waals surface area contributed by atoms with Gasteiger partial charge in [-0.15, -0.1) is 11.3 Å². The van der Waals surface area contributed by atoms with E-state index in [-0.39, 0.29) is 0 Å². The van der Waals surface area contributed by atoms with Crippen LogP contribution in [0.3, 0.4) is 0 Å². The summed E-state index contributed by atoms with van der Waals surface area (Å²) in [5.41, 5.74) is 1.55. The summed E-state index contributed by atoms with van der Waals surface area (Å²) in [7, 11) is 0. The normalized spacial score (nSPS) is 17.4. The van der Waals surface area contributed by atoms with Crippen LogP contribution in [0, 0.1) is 23.2 Å². The van der Waals surface area contributed by atoms with Crippen LogP contribution in [0.2, 0.25) is 0 Å². The highest BCUT2D eigenvalue weighted by Crippen LogP contribution is 2.34. The minimum atomic E-state index is -1.36. The molecule has 1 N–H and O–H groups in total. The number of pyridine rings is 1. The van der Waals surface area contributed by atoms with E-state index in [2.05, 4.69) is 17.2 Å². The number of aromatic nitrogens is 1. The lowest BCUT2D eigenvalue weighted by Gasteiger charge is -2.19. The minimum Gasteiger partial charge on any atom is -0.309 e. The van der Waals surface area contributed by atoms with E-state index in [9.17, 15) is 14.9 Å². The van der Waals surface area contributed by atoms with E-state index in [1.807, 2.05) is 6.07 Å². The number of carbonyl (C=O) groups is 2. The molecule has 0 unspecified atom stereocenters. The summed E-state index contributed by atoms with van der Waals surface area (Å²) in [5, 5.41) is 13.7. The summed E-state index contributed by atoms with van der Waals surface area (Å²) >= 11 is 1.55. The van der Waals surface area contributed by atoms with Gasteiger partial charge in [-0.1, -0.05) is 13.0 Å². The van der Waals surface area contributed by atoms with Crippen molar-refractivity contribution in [2.75, 3.05) is 5.32 Å². The van der Waals surface area contributed by atoms with Crippen LogP contribution in [0.4, 0.5) is 5.82 Å². The van der Waals surface area contributed by atoms with Crippen LogP contribution in [-0.2, 0) is 17.6 Å². The molecule has 1 aliphatic carbocycles. The lowest BCUT2D eigenvalue weighted by Crippen LogP contribution is -2.29. The Bertz CT molecular complexity index is 807. The Balaban J connectivity index is 1.80. The SMILES string of the molecule is C[C@@H]1CCc2c(C(=O)[C@H](C#N)C(=O)Nc3ccccn3)csc2C1. The number of ketones is 1. The molecule has 0 fully saturated rings. The summed E-state index contributed by atoms with van der Waals surface area (Å²) in [6.45, 7) is 2.20. The van der Waals surface area contributed by atoms with Gasteiger partial charge in [0.15, 0.2) is 11.7 Å². The van der Waals surface area contributed by atoms with Crippen LogP contribution in [0.5, 0.6) is 0 Å². The van der Waals surface area contributed by atoms with Crippen molar-refractivity contribution in [3.05, 3.63) is 45.8 Å². The smallest absolute Gasteiger partial charge is 0.250 e. The molecule has 24 heavy (non-hydrogen) atoms. The zero-order valence-electron chi connectivity index (χ0n) is 13.3. The first kappa shape index (κ1) is 16.3. The van der Waals surface area contributed by atoms with Gasteiger partial charge in [0.05, 0.1) is 6.07 Å². The summed E-state index contributed by atoms with van der Waals surface area (Å²) in [6.07, 6.45) is 4.36. The highest BCUT2D eigenvalue weighted by atomic mass is 32.1. The van der Waals surface area contributed by atoms with Gasteiger partial charge >= 0.3 is 0 Å². The van der Waals surface area contributed by atoms with Gasteiger partial charge in [-0.05, 0) is 42.9 Å². The predicted molar refractivity (Wildman–Crippen MR) is 91.8 cm³/mol. The molecule has 2 atom stereocenters. The predicted octanol–water partition coefficient (Wildman–Crippen LogP) is 3.23. The molecule has 122 valence electrons. The van der Waals surface area contributed by atoms with Crippen molar-refractivity contribution in [3.63, 3.8) is 0 Å². The number of nitrogens with zero attached hydrogens (tertiary/aromatic N) is 2. The molecule has 1 amide bonds. The Labute approximate surface area is 144 Å². The summed E-state index contributed by atoms with van der Waals surface area (Å²) in [4.78, 5) is 30.2. The Morgan fingerprint density at radius 3 is 3.00 bits per heavy atom. The van der Waals surface area contributed by atoms with Crippen molar-refractivity contribution in [1.29, 1.82) is 5.26 Å². The third-order valence-corrected chi connectivity index (χ3v) is 5.29. The number of hydrogen-bond acceptors (Lipinski definition) is 5. The number of carbonyl (C=O) groups excluding carboxylic acids is 2. The van der Waals surface area contributed by atoms with Crippen molar-refractivity contribution in [3.8, 4) is 6.07 Å². The fourth-order valence-corrected chi connectivity index (χ4v) is 4.16. The molecule has 0 bridgehead atoms. The van der Waals surface area contributed by atoms with Crippen LogP contribution in [-0.4, -0.2) is 16.7 Å². The molecule has 0 saturated carbocycles. The summed E-state index contributed by atoms with van der Waals surface area (Å²) in [5.74, 6) is -1.47. The second-order valence-electron chi connectivity index (χ2n) is 6.03. The number of thiophene rings is 1. The maximum Gasteiger partial charge on any atom is 0.250 e. The molecule has 3 rings (SSSR count). The molecule has 1 aliphatic rings. The average Bonchev–Trinajstić information content (AvgIpc) is 2.99. The van der Waals surface area contributed by atoms with E-state index in [0.29, 0.717) is 17.3 Å². The monoisotopic (exact) mass is 339 g/mol. The Hall–Kier alpha value is -2.52. The number of hydrogen-bond donors (Lipinski definition) is 1. The van der Waals surface area contributed by atoms with Gasteiger partial charge in [-0.2, -0.15) is 5.26 Å². The van der Waals surface area contributed by atoms with E-state index in [0.717, 1.165) is 24.8 Å². The quantitative estimate of drug-likeness (QED) is 0.685. The highest BCUT2D eigenvalue weighted by Gasteiger charge is 2.32. The molecule has 0 saturated heterocycles. The van der Waals surface area contributed by atoms with Crippen LogP contribution in [0.25, 0.3) is 0 Å². The van der Waals surface area contributed by atoms with Gasteiger partial charge in [-0.3, -0.25) is 9.59 Å². The summed E-state index contributed by atoms with van der Waals surface area (Å²) < 4.78 is 0. The number of anilines is 1. The number of Topliss-reactive ketones (excluding diaryl/α,β-unsaturated/α-hetero) is 1. The minimum absolute atomic E-state index is 0.330. The molecule has 2 aromatic heterocycles. The molecule has 0 aromatic carbocycles. The molecule has 2 heterocycles. The van der Waals surface area contributed by atoms with Gasteiger partial charge < -0.3 is 5.32 Å². The molecular weight excluding hydrogens is 322 g/mol. The molecule has 2 aromatic rings. The van der Waals surface area contributed by atoms with Crippen molar-refractivity contribution in [1.82, 2.24) is 4.98 Å². The number of nitriles is 1. The van der Waals surface area contributed by atoms with E-state index in [4.69, 9.17) is 0 Å². The lowest BCUT2D eigenvalue weighted by molar-refractivity contribution is -0.117. The molecule has 0 spiro atoms. The Kier molecular flexibility index (Phi) is 4.72. The maximum absolute atomic E-state index is 12.7. The third kappa shape index (κ3) is 3.22. The zero-order chi connectivity index (χ0) is 17.1. The molecule has 5 nitrogen and oxygen atoms in total. The highest BCUT2D eigenvalue weighted by molar-refractivity contribution is 7.10. The fourth-order valence-electron chi connectivity index (χ4n) is 2.91. The average molecular weight is 339 g/mol.